The number of Topliss-reactive ketones (excluding diaryl/α,β-unsaturated/α-hetero) is 1. The Balaban J connectivity index is 1.80. The summed E-state index contributed by atoms with van der Waals surface area (Å²) >= 11 is 1.39. The average molecular weight is 525 g/mol. The van der Waals surface area contributed by atoms with Crippen molar-refractivity contribution < 1.29 is 34.1 Å². The van der Waals surface area contributed by atoms with Crippen LogP contribution in [0, 0.1) is 17.3 Å². The average Bonchev–Trinajstić information content (AvgIpc) is 3.41. The lowest BCUT2D eigenvalue weighted by Gasteiger charge is -2.34. The van der Waals surface area contributed by atoms with Crippen molar-refractivity contribution in [2.45, 2.75) is 97.2 Å². The molecule has 0 bridgehead atoms. The van der Waals surface area contributed by atoms with Gasteiger partial charge in [0.15, 0.2) is 0 Å². The summed E-state index contributed by atoms with van der Waals surface area (Å²) in [6, 6.07) is 0. The zero-order valence-corrected chi connectivity index (χ0v) is 22.8. The van der Waals surface area contributed by atoms with Crippen LogP contribution in [0.2, 0.25) is 0 Å². The molecule has 0 amide bonds. The quantitative estimate of drug-likeness (QED) is 0.306. The molecule has 0 aromatic carbocycles. The Kier molecular flexibility index (Phi) is 9.68. The highest BCUT2D eigenvalue weighted by Gasteiger charge is 2.44. The first-order valence-corrected chi connectivity index (χ1v) is 13.5. The first-order chi connectivity index (χ1) is 16.9. The van der Waals surface area contributed by atoms with Crippen LogP contribution < -0.4 is 5.48 Å². The molecular formula is C26H40N2O7S. The molecule has 0 saturated carbocycles. The molecule has 36 heavy (non-hydrogen) atoms. The van der Waals surface area contributed by atoms with Crippen LogP contribution in [0.4, 0.5) is 5.13 Å². The van der Waals surface area contributed by atoms with Gasteiger partial charge in [0.2, 0.25) is 5.13 Å². The lowest BCUT2D eigenvalue weighted by atomic mass is 9.73. The molecular weight excluding hydrogens is 484 g/mol. The van der Waals surface area contributed by atoms with E-state index in [0.29, 0.717) is 17.2 Å². The van der Waals surface area contributed by atoms with Crippen molar-refractivity contribution in [2.75, 3.05) is 12.6 Å². The van der Waals surface area contributed by atoms with E-state index < -0.39 is 35.6 Å². The number of carbonyl (C=O) groups excluding carboxylic acids is 2. The maximum Gasteiger partial charge on any atom is 0.309 e. The number of thiazole rings is 1. The fourth-order valence-corrected chi connectivity index (χ4v) is 5.46. The number of nitrogens with zero attached hydrogens (tertiary/aromatic N) is 1. The second-order valence-corrected chi connectivity index (χ2v) is 11.6. The Morgan fingerprint density at radius 1 is 1.25 bits per heavy atom. The van der Waals surface area contributed by atoms with Crippen LogP contribution in [0.3, 0.4) is 0 Å². The van der Waals surface area contributed by atoms with Gasteiger partial charge in [0.1, 0.15) is 11.9 Å². The van der Waals surface area contributed by atoms with E-state index in [1.54, 1.807) is 20.8 Å². The molecule has 3 rings (SSSR count). The number of hydrogen-bond acceptors (Lipinski definition) is 10. The number of anilines is 1. The predicted molar refractivity (Wildman–Crippen MR) is 137 cm³/mol. The highest BCUT2D eigenvalue weighted by atomic mass is 32.1. The molecule has 7 atom stereocenters. The van der Waals surface area contributed by atoms with Crippen molar-refractivity contribution in [1.82, 2.24) is 4.98 Å². The standard InChI is InChI=1S/C26H40N2O7S/c1-14-8-7-9-18-20(34-18)11-19(15(2)10-17-13-36-25(27-17)28-33-6)35-22(30)12-21(29)26(4,5)24(32)16(3)23(14)31/h10,13-14,16,18-21,23,29,31H,7-9,11-12H2,1-6H3,(H,27,28). The van der Waals surface area contributed by atoms with Crippen molar-refractivity contribution in [3.63, 3.8) is 0 Å². The minimum absolute atomic E-state index is 0.0256. The first-order valence-electron chi connectivity index (χ1n) is 12.6. The Labute approximate surface area is 217 Å². The molecule has 202 valence electrons. The number of aliphatic hydroxyl groups excluding tert-OH is 2. The van der Waals surface area contributed by atoms with Crippen LogP contribution >= 0.6 is 11.3 Å². The minimum Gasteiger partial charge on any atom is -0.458 e. The van der Waals surface area contributed by atoms with Gasteiger partial charge < -0.3 is 19.7 Å². The summed E-state index contributed by atoms with van der Waals surface area (Å²) in [5.74, 6) is -1.59. The number of aliphatic hydroxyl groups is 2. The zero-order chi connectivity index (χ0) is 26.6. The van der Waals surface area contributed by atoms with Gasteiger partial charge in [-0.05, 0) is 37.3 Å². The highest BCUT2D eigenvalue weighted by Crippen LogP contribution is 2.36. The largest absolute Gasteiger partial charge is 0.458 e. The molecule has 0 spiro atoms. The number of rotatable bonds is 4. The van der Waals surface area contributed by atoms with Gasteiger partial charge >= 0.3 is 5.97 Å². The number of ketones is 1. The van der Waals surface area contributed by atoms with E-state index in [-0.39, 0.29) is 30.3 Å². The van der Waals surface area contributed by atoms with Crippen molar-refractivity contribution in [2.24, 2.45) is 17.3 Å². The molecule has 0 radical (unpaired) electrons. The van der Waals surface area contributed by atoms with Gasteiger partial charge in [0.05, 0.1) is 49.1 Å². The number of ether oxygens (including phenoxy) is 2. The number of fused-ring (bicyclic) bond motifs is 1. The third-order valence-electron chi connectivity index (χ3n) is 7.49. The van der Waals surface area contributed by atoms with Gasteiger partial charge in [0.25, 0.3) is 0 Å². The summed E-state index contributed by atoms with van der Waals surface area (Å²) in [6.07, 6.45) is 1.95. The zero-order valence-electron chi connectivity index (χ0n) is 22.0. The Morgan fingerprint density at radius 3 is 2.67 bits per heavy atom. The summed E-state index contributed by atoms with van der Waals surface area (Å²) in [4.78, 5) is 35.4. The van der Waals surface area contributed by atoms with Crippen molar-refractivity contribution in [3.8, 4) is 0 Å². The van der Waals surface area contributed by atoms with E-state index in [0.717, 1.165) is 24.8 Å². The number of nitrogens with one attached hydrogen (secondary N) is 1. The van der Waals surface area contributed by atoms with E-state index in [2.05, 4.69) is 10.5 Å². The second-order valence-electron chi connectivity index (χ2n) is 10.7. The topological polar surface area (TPSA) is 131 Å². The third kappa shape index (κ3) is 7.13. The van der Waals surface area contributed by atoms with Gasteiger partial charge in [-0.2, -0.15) is 0 Å². The molecule has 0 aliphatic carbocycles. The van der Waals surface area contributed by atoms with Crippen LogP contribution in [0.5, 0.6) is 0 Å². The van der Waals surface area contributed by atoms with Crippen LogP contribution in [-0.4, -0.2) is 64.6 Å². The summed E-state index contributed by atoms with van der Waals surface area (Å²) in [5.41, 5.74) is 3.00. The molecule has 2 saturated heterocycles. The van der Waals surface area contributed by atoms with Gasteiger partial charge in [0, 0.05) is 17.7 Å². The summed E-state index contributed by atoms with van der Waals surface area (Å²) in [7, 11) is 1.51. The van der Waals surface area contributed by atoms with Crippen molar-refractivity contribution in [1.29, 1.82) is 0 Å². The normalized spacial score (nSPS) is 34.6. The van der Waals surface area contributed by atoms with Gasteiger partial charge in [-0.15, -0.1) is 11.3 Å². The van der Waals surface area contributed by atoms with E-state index in [1.165, 1.54) is 18.4 Å². The number of hydrogen-bond donors (Lipinski definition) is 3. The maximum atomic E-state index is 13.2. The molecule has 3 heterocycles. The first kappa shape index (κ1) is 28.7. The lowest BCUT2D eigenvalue weighted by molar-refractivity contribution is -0.154. The molecule has 9 nitrogen and oxygen atoms in total. The lowest BCUT2D eigenvalue weighted by Crippen LogP contribution is -2.45. The maximum absolute atomic E-state index is 13.2. The van der Waals surface area contributed by atoms with Crippen LogP contribution in [-0.2, 0) is 23.9 Å². The van der Waals surface area contributed by atoms with Gasteiger partial charge in [-0.1, -0.05) is 34.1 Å². The molecule has 7 unspecified atom stereocenters. The van der Waals surface area contributed by atoms with E-state index >= 15 is 0 Å². The second kappa shape index (κ2) is 12.1. The van der Waals surface area contributed by atoms with Crippen molar-refractivity contribution >= 4 is 34.3 Å². The third-order valence-corrected chi connectivity index (χ3v) is 8.24. The van der Waals surface area contributed by atoms with Crippen LogP contribution in [0.25, 0.3) is 6.08 Å². The summed E-state index contributed by atoms with van der Waals surface area (Å²) in [5, 5.41) is 24.1. The van der Waals surface area contributed by atoms with Gasteiger partial charge in [-0.25, -0.2) is 10.5 Å². The molecule has 10 heteroatoms. The van der Waals surface area contributed by atoms with E-state index in [4.69, 9.17) is 14.3 Å². The molecule has 2 fully saturated rings. The summed E-state index contributed by atoms with van der Waals surface area (Å²) in [6.45, 7) is 8.74. The number of epoxide rings is 1. The molecule has 3 N–H and O–H groups in total. The molecule has 2 aliphatic heterocycles. The fraction of sp³-hybridized carbons (Fsp3) is 0.731. The van der Waals surface area contributed by atoms with Crippen molar-refractivity contribution in [3.05, 3.63) is 16.6 Å². The Morgan fingerprint density at radius 2 is 1.97 bits per heavy atom. The van der Waals surface area contributed by atoms with Gasteiger partial charge in [-0.3, -0.25) is 14.4 Å². The molecule has 2 aliphatic rings. The highest BCUT2D eigenvalue weighted by molar-refractivity contribution is 7.13. The van der Waals surface area contributed by atoms with Crippen LogP contribution in [0.1, 0.15) is 72.4 Å². The Bertz CT molecular complexity index is 946. The molecule has 1 aromatic heterocycles. The SMILES string of the molecule is CONc1nc(C=C(C)C2CC3OC3CCCC(C)C(O)C(C)C(=O)C(C)(C)C(O)CC(=O)O2)cs1. The number of carbonyl (C=O) groups is 2. The number of aromatic nitrogens is 1. The molecule has 1 aromatic rings. The summed E-state index contributed by atoms with van der Waals surface area (Å²) < 4.78 is 11.7. The minimum atomic E-state index is -1.24. The predicted octanol–water partition coefficient (Wildman–Crippen LogP) is 3.75. The van der Waals surface area contributed by atoms with E-state index in [1.807, 2.05) is 25.3 Å². The fourth-order valence-electron chi connectivity index (χ4n) is 4.82. The number of esters is 1. The monoisotopic (exact) mass is 524 g/mol. The Hall–Kier alpha value is -1.85. The van der Waals surface area contributed by atoms with Crippen LogP contribution in [0.15, 0.2) is 11.0 Å². The van der Waals surface area contributed by atoms with E-state index in [9.17, 15) is 19.8 Å². The smallest absolute Gasteiger partial charge is 0.309 e. The number of cyclic esters (lactones) is 1.